The quantitative estimate of drug-likeness (QED) is 0.903. The third-order valence-corrected chi connectivity index (χ3v) is 2.40. The largest absolute Gasteiger partial charge is 0.573 e. The van der Waals surface area contributed by atoms with Gasteiger partial charge in [0.15, 0.2) is 17.4 Å². The van der Waals surface area contributed by atoms with Gasteiger partial charge in [0, 0.05) is 0 Å². The summed E-state index contributed by atoms with van der Waals surface area (Å²) < 4.78 is 46.0. The second kappa shape index (κ2) is 5.73. The summed E-state index contributed by atoms with van der Waals surface area (Å²) in [5.74, 6) is -0.0870. The second-order valence-electron chi connectivity index (χ2n) is 3.81. The number of anilines is 3. The van der Waals surface area contributed by atoms with Crippen molar-refractivity contribution >= 4 is 17.3 Å². The Morgan fingerprint density at radius 1 is 1.19 bits per heavy atom. The Balaban J connectivity index is 2.34. The van der Waals surface area contributed by atoms with E-state index in [0.717, 1.165) is 6.33 Å². The molecule has 1 aromatic carbocycles. The van der Waals surface area contributed by atoms with Gasteiger partial charge in [-0.15, -0.1) is 13.2 Å². The molecule has 0 spiro atoms. The fraction of sp³-hybridized carbons (Fsp3) is 0.167. The van der Waals surface area contributed by atoms with Crippen molar-refractivity contribution in [2.75, 3.05) is 18.2 Å². The van der Waals surface area contributed by atoms with Gasteiger partial charge in [-0.3, -0.25) is 0 Å². The highest BCUT2D eigenvalue weighted by Crippen LogP contribution is 2.35. The van der Waals surface area contributed by atoms with E-state index in [1.165, 1.54) is 25.3 Å². The van der Waals surface area contributed by atoms with Gasteiger partial charge < -0.3 is 20.5 Å². The average Bonchev–Trinajstić information content (AvgIpc) is 2.40. The zero-order valence-corrected chi connectivity index (χ0v) is 10.8. The first-order valence-electron chi connectivity index (χ1n) is 5.67. The number of hydrogen-bond acceptors (Lipinski definition) is 6. The van der Waals surface area contributed by atoms with Crippen LogP contribution in [0.15, 0.2) is 30.6 Å². The summed E-state index contributed by atoms with van der Waals surface area (Å²) >= 11 is 0. The van der Waals surface area contributed by atoms with Gasteiger partial charge >= 0.3 is 6.36 Å². The molecule has 0 atom stereocenters. The number of nitrogen functional groups attached to an aromatic ring is 1. The van der Waals surface area contributed by atoms with Gasteiger partial charge in [0.1, 0.15) is 6.33 Å². The van der Waals surface area contributed by atoms with Crippen molar-refractivity contribution in [2.24, 2.45) is 0 Å². The lowest BCUT2D eigenvalue weighted by Gasteiger charge is -2.15. The summed E-state index contributed by atoms with van der Waals surface area (Å²) in [4.78, 5) is 7.60. The van der Waals surface area contributed by atoms with Gasteiger partial charge in [-0.25, -0.2) is 9.97 Å². The highest BCUT2D eigenvalue weighted by molar-refractivity contribution is 5.71. The number of nitrogens with one attached hydrogen (secondary N) is 1. The van der Waals surface area contributed by atoms with E-state index in [2.05, 4.69) is 20.0 Å². The normalized spacial score (nSPS) is 11.0. The van der Waals surface area contributed by atoms with E-state index in [1.807, 2.05) is 0 Å². The molecule has 0 unspecified atom stereocenters. The first-order valence-corrected chi connectivity index (χ1v) is 5.67. The fourth-order valence-electron chi connectivity index (χ4n) is 1.59. The van der Waals surface area contributed by atoms with Crippen LogP contribution in [0.25, 0.3) is 0 Å². The lowest BCUT2D eigenvalue weighted by atomic mass is 10.3. The summed E-state index contributed by atoms with van der Waals surface area (Å²) in [6.45, 7) is 0. The minimum Gasteiger partial charge on any atom is -0.490 e. The summed E-state index contributed by atoms with van der Waals surface area (Å²) in [5, 5.41) is 2.67. The molecule has 1 heterocycles. The highest BCUT2D eigenvalue weighted by Gasteiger charge is 2.32. The molecule has 0 aliphatic heterocycles. The van der Waals surface area contributed by atoms with Crippen LogP contribution in [0.1, 0.15) is 0 Å². The Labute approximate surface area is 117 Å². The van der Waals surface area contributed by atoms with Crippen LogP contribution in [0.3, 0.4) is 0 Å². The van der Waals surface area contributed by atoms with E-state index < -0.39 is 12.1 Å². The van der Waals surface area contributed by atoms with Crippen LogP contribution in [-0.2, 0) is 0 Å². The number of hydrogen-bond donors (Lipinski definition) is 2. The summed E-state index contributed by atoms with van der Waals surface area (Å²) in [7, 11) is 1.35. The molecule has 2 aromatic rings. The first-order chi connectivity index (χ1) is 9.90. The number of alkyl halides is 3. The predicted octanol–water partition coefficient (Wildman–Crippen LogP) is 2.71. The van der Waals surface area contributed by atoms with Crippen LogP contribution in [0.2, 0.25) is 0 Å². The number of ether oxygens (including phenoxy) is 2. The number of benzene rings is 1. The molecule has 0 fully saturated rings. The SMILES string of the molecule is COc1c(N)ncnc1Nc1ccccc1OC(F)(F)F. The molecule has 3 N–H and O–H groups in total. The number of nitrogens with two attached hydrogens (primary N) is 1. The molecule has 0 saturated heterocycles. The molecule has 0 amide bonds. The minimum absolute atomic E-state index is 0.0595. The lowest BCUT2D eigenvalue weighted by Crippen LogP contribution is -2.18. The molecule has 0 aliphatic carbocycles. The smallest absolute Gasteiger partial charge is 0.490 e. The Kier molecular flexibility index (Phi) is 4.01. The highest BCUT2D eigenvalue weighted by atomic mass is 19.4. The van der Waals surface area contributed by atoms with Gasteiger partial charge in [0.25, 0.3) is 0 Å². The van der Waals surface area contributed by atoms with Crippen LogP contribution in [0.4, 0.5) is 30.5 Å². The Morgan fingerprint density at radius 2 is 1.90 bits per heavy atom. The number of para-hydroxylation sites is 2. The van der Waals surface area contributed by atoms with Crippen LogP contribution in [-0.4, -0.2) is 23.4 Å². The molecule has 21 heavy (non-hydrogen) atoms. The molecule has 112 valence electrons. The Bertz CT molecular complexity index is 634. The van der Waals surface area contributed by atoms with Crippen molar-refractivity contribution in [1.82, 2.24) is 9.97 Å². The maximum Gasteiger partial charge on any atom is 0.573 e. The van der Waals surface area contributed by atoms with E-state index >= 15 is 0 Å². The first kappa shape index (κ1) is 14.7. The molecule has 0 bridgehead atoms. The van der Waals surface area contributed by atoms with Crippen molar-refractivity contribution in [3.8, 4) is 11.5 Å². The van der Waals surface area contributed by atoms with E-state index in [4.69, 9.17) is 10.5 Å². The number of rotatable bonds is 4. The third-order valence-electron chi connectivity index (χ3n) is 2.40. The van der Waals surface area contributed by atoms with E-state index in [-0.39, 0.29) is 23.1 Å². The van der Waals surface area contributed by atoms with E-state index in [1.54, 1.807) is 6.07 Å². The number of nitrogens with zero attached hydrogens (tertiary/aromatic N) is 2. The third kappa shape index (κ3) is 3.65. The molecule has 2 rings (SSSR count). The number of halogens is 3. The molecular formula is C12H11F3N4O2. The fourth-order valence-corrected chi connectivity index (χ4v) is 1.59. The number of aromatic nitrogens is 2. The van der Waals surface area contributed by atoms with E-state index in [0.29, 0.717) is 0 Å². The summed E-state index contributed by atoms with van der Waals surface area (Å²) in [5.41, 5.74) is 5.66. The molecule has 6 nitrogen and oxygen atoms in total. The van der Waals surface area contributed by atoms with Gasteiger partial charge in [0.05, 0.1) is 12.8 Å². The minimum atomic E-state index is -4.80. The molecule has 0 radical (unpaired) electrons. The van der Waals surface area contributed by atoms with E-state index in [9.17, 15) is 13.2 Å². The molecular weight excluding hydrogens is 289 g/mol. The maximum atomic E-state index is 12.3. The van der Waals surface area contributed by atoms with Crippen molar-refractivity contribution < 1.29 is 22.6 Å². The van der Waals surface area contributed by atoms with Gasteiger partial charge in [0.2, 0.25) is 5.75 Å². The maximum absolute atomic E-state index is 12.3. The van der Waals surface area contributed by atoms with Crippen molar-refractivity contribution in [3.05, 3.63) is 30.6 Å². The Morgan fingerprint density at radius 3 is 2.57 bits per heavy atom. The lowest BCUT2D eigenvalue weighted by molar-refractivity contribution is -0.274. The summed E-state index contributed by atoms with van der Waals surface area (Å²) in [6, 6.07) is 5.53. The van der Waals surface area contributed by atoms with Gasteiger partial charge in [-0.2, -0.15) is 0 Å². The van der Waals surface area contributed by atoms with Gasteiger partial charge in [-0.1, -0.05) is 12.1 Å². The number of methoxy groups -OCH3 is 1. The molecule has 0 saturated carbocycles. The standard InChI is InChI=1S/C12H11F3N4O2/c1-20-9-10(16)17-6-18-11(9)19-7-4-2-3-5-8(7)21-12(13,14)15/h2-6H,1H3,(H3,16,17,18,19). The van der Waals surface area contributed by atoms with Crippen LogP contribution in [0.5, 0.6) is 11.5 Å². The van der Waals surface area contributed by atoms with Crippen molar-refractivity contribution in [1.29, 1.82) is 0 Å². The van der Waals surface area contributed by atoms with Crippen LogP contribution < -0.4 is 20.5 Å². The summed E-state index contributed by atoms with van der Waals surface area (Å²) in [6.07, 6.45) is -3.64. The van der Waals surface area contributed by atoms with Crippen molar-refractivity contribution in [2.45, 2.75) is 6.36 Å². The zero-order valence-electron chi connectivity index (χ0n) is 10.8. The molecule has 0 aliphatic rings. The predicted molar refractivity (Wildman–Crippen MR) is 69.4 cm³/mol. The molecule has 1 aromatic heterocycles. The van der Waals surface area contributed by atoms with Crippen LogP contribution >= 0.6 is 0 Å². The Hall–Kier alpha value is -2.71. The van der Waals surface area contributed by atoms with Crippen molar-refractivity contribution in [3.63, 3.8) is 0 Å². The topological polar surface area (TPSA) is 82.3 Å². The average molecular weight is 300 g/mol. The van der Waals surface area contributed by atoms with Crippen LogP contribution in [0, 0.1) is 0 Å². The molecule has 9 heteroatoms. The monoisotopic (exact) mass is 300 g/mol. The second-order valence-corrected chi connectivity index (χ2v) is 3.81. The van der Waals surface area contributed by atoms with Gasteiger partial charge in [-0.05, 0) is 12.1 Å². The zero-order chi connectivity index (χ0) is 15.5.